The van der Waals surface area contributed by atoms with Crippen LogP contribution in [0.4, 0.5) is 0 Å². The van der Waals surface area contributed by atoms with Crippen LogP contribution >= 0.6 is 23.1 Å². The van der Waals surface area contributed by atoms with Crippen LogP contribution in [-0.2, 0) is 10.5 Å². The van der Waals surface area contributed by atoms with E-state index in [1.54, 1.807) is 29.5 Å². The van der Waals surface area contributed by atoms with Crippen molar-refractivity contribution < 1.29 is 9.53 Å². The van der Waals surface area contributed by atoms with E-state index in [2.05, 4.69) is 38.1 Å². The second-order valence-corrected chi connectivity index (χ2v) is 9.29. The molecule has 0 fully saturated rings. The molecule has 33 heavy (non-hydrogen) atoms. The molecular weight excluding hydrogens is 456 g/mol. The number of esters is 1. The molecule has 0 radical (unpaired) electrons. The second-order valence-electron chi connectivity index (χ2n) is 7.30. The van der Waals surface area contributed by atoms with Crippen LogP contribution in [-0.4, -0.2) is 33.0 Å². The summed E-state index contributed by atoms with van der Waals surface area (Å²) in [5.41, 5.74) is 1.68. The van der Waals surface area contributed by atoms with E-state index in [4.69, 9.17) is 4.74 Å². The molecule has 164 valence electrons. The first kappa shape index (κ1) is 21.3. The van der Waals surface area contributed by atoms with E-state index in [1.165, 1.54) is 18.9 Å². The first-order valence-electron chi connectivity index (χ1n) is 10.1. The summed E-state index contributed by atoms with van der Waals surface area (Å²) in [5, 5.41) is 2.23. The highest BCUT2D eigenvalue weighted by Gasteiger charge is 2.14. The third-order valence-corrected chi connectivity index (χ3v) is 7.13. The lowest BCUT2D eigenvalue weighted by Gasteiger charge is -2.06. The van der Waals surface area contributed by atoms with E-state index >= 15 is 0 Å². The van der Waals surface area contributed by atoms with Crippen LogP contribution in [0.25, 0.3) is 31.6 Å². The van der Waals surface area contributed by atoms with Crippen LogP contribution in [0, 0.1) is 6.92 Å². The quantitative estimate of drug-likeness (QED) is 0.218. The van der Waals surface area contributed by atoms with Crippen LogP contribution in [0.2, 0.25) is 0 Å². The normalized spacial score (nSPS) is 11.2. The van der Waals surface area contributed by atoms with Gasteiger partial charge in [-0.3, -0.25) is 4.79 Å². The van der Waals surface area contributed by atoms with Gasteiger partial charge in [0.2, 0.25) is 0 Å². The molecule has 5 aromatic rings. The predicted molar refractivity (Wildman–Crippen MR) is 131 cm³/mol. The van der Waals surface area contributed by atoms with Crippen molar-refractivity contribution in [1.82, 2.24) is 19.9 Å². The minimum absolute atomic E-state index is 0.252. The van der Waals surface area contributed by atoms with Gasteiger partial charge in [-0.05, 0) is 36.8 Å². The van der Waals surface area contributed by atoms with Crippen molar-refractivity contribution in [2.24, 2.45) is 0 Å². The fourth-order valence-electron chi connectivity index (χ4n) is 3.49. The predicted octanol–water partition coefficient (Wildman–Crippen LogP) is 4.98. The highest BCUT2D eigenvalue weighted by Crippen LogP contribution is 2.37. The third-order valence-electron chi connectivity index (χ3n) is 5.05. The number of ether oxygens (including phenoxy) is 1. The summed E-state index contributed by atoms with van der Waals surface area (Å²) in [4.78, 5) is 43.1. The Bertz CT molecular complexity index is 1560. The number of nitrogens with one attached hydrogen (secondary N) is 1. The van der Waals surface area contributed by atoms with Crippen LogP contribution in [0.5, 0.6) is 0 Å². The fourth-order valence-corrected chi connectivity index (χ4v) is 5.55. The second kappa shape index (κ2) is 8.76. The zero-order chi connectivity index (χ0) is 22.9. The highest BCUT2D eigenvalue weighted by atomic mass is 32.2. The summed E-state index contributed by atoms with van der Waals surface area (Å²) in [7, 11) is 1.32. The number of hydrogen-bond acceptors (Lipinski definition) is 8. The summed E-state index contributed by atoms with van der Waals surface area (Å²) >= 11 is 3.12. The Morgan fingerprint density at radius 2 is 1.88 bits per heavy atom. The molecule has 7 nitrogen and oxygen atoms in total. The molecule has 0 aliphatic rings. The van der Waals surface area contributed by atoms with Crippen molar-refractivity contribution >= 4 is 50.2 Å². The number of benzene rings is 2. The summed E-state index contributed by atoms with van der Waals surface area (Å²) in [6.45, 7) is 1.87. The highest BCUT2D eigenvalue weighted by molar-refractivity contribution is 7.98. The lowest BCUT2D eigenvalue weighted by molar-refractivity contribution is 0.0601. The number of aromatic nitrogens is 4. The number of aromatic amines is 1. The third kappa shape index (κ3) is 4.24. The van der Waals surface area contributed by atoms with E-state index in [1.807, 2.05) is 25.1 Å². The lowest BCUT2D eigenvalue weighted by Crippen LogP contribution is -2.12. The number of fused-ring (bicyclic) bond motifs is 2. The van der Waals surface area contributed by atoms with Gasteiger partial charge >= 0.3 is 5.97 Å². The largest absolute Gasteiger partial charge is 0.465 e. The fraction of sp³-hybridized carbons (Fsp3) is 0.125. The number of nitrogens with zero attached hydrogens (tertiary/aromatic N) is 3. The number of thiophene rings is 1. The van der Waals surface area contributed by atoms with E-state index in [0.29, 0.717) is 33.9 Å². The number of carbonyl (C=O) groups excluding carboxylic acids is 1. The number of carbonyl (C=O) groups is 1. The Labute approximate surface area is 196 Å². The summed E-state index contributed by atoms with van der Waals surface area (Å²) in [5.74, 6) is 1.13. The van der Waals surface area contributed by atoms with Gasteiger partial charge in [0.05, 0.1) is 29.3 Å². The Morgan fingerprint density at radius 1 is 1.06 bits per heavy atom. The topological polar surface area (TPSA) is 97.8 Å². The number of methoxy groups -OCH3 is 1. The van der Waals surface area contributed by atoms with Gasteiger partial charge in [-0.2, -0.15) is 0 Å². The van der Waals surface area contributed by atoms with E-state index < -0.39 is 5.97 Å². The Balaban J connectivity index is 1.48. The molecule has 0 atom stereocenters. The van der Waals surface area contributed by atoms with Gasteiger partial charge in [0.25, 0.3) is 5.56 Å². The first-order chi connectivity index (χ1) is 16.0. The molecule has 0 aliphatic carbocycles. The van der Waals surface area contributed by atoms with Crippen molar-refractivity contribution in [3.63, 3.8) is 0 Å². The molecule has 2 aromatic carbocycles. The van der Waals surface area contributed by atoms with Crippen LogP contribution in [0.1, 0.15) is 22.0 Å². The van der Waals surface area contributed by atoms with Gasteiger partial charge in [-0.25, -0.2) is 19.7 Å². The van der Waals surface area contributed by atoms with Crippen molar-refractivity contribution in [2.45, 2.75) is 17.7 Å². The maximum atomic E-state index is 12.5. The van der Waals surface area contributed by atoms with Gasteiger partial charge in [0, 0.05) is 10.3 Å². The van der Waals surface area contributed by atoms with E-state index in [-0.39, 0.29) is 5.56 Å². The molecular formula is C24H18N4O3S2. The smallest absolute Gasteiger partial charge is 0.337 e. The van der Waals surface area contributed by atoms with E-state index in [9.17, 15) is 9.59 Å². The lowest BCUT2D eigenvalue weighted by atomic mass is 10.1. The Hall–Kier alpha value is -3.56. The van der Waals surface area contributed by atoms with Gasteiger partial charge < -0.3 is 9.72 Å². The van der Waals surface area contributed by atoms with E-state index in [0.717, 1.165) is 25.7 Å². The Morgan fingerprint density at radius 3 is 2.67 bits per heavy atom. The standard InChI is InChI=1S/C24H18N4O3S2/c1-13-25-22(17-11-19(33-23(17)26-13)14-6-4-3-5-7-14)32-12-20-27-18-10-15(24(30)31-2)8-9-16(18)21(29)28-20/h3-11H,12H2,1-2H3,(H,27,28,29). The number of rotatable bonds is 5. The number of aryl methyl sites for hydroxylation is 1. The molecule has 0 aliphatic heterocycles. The number of thioether (sulfide) groups is 1. The average Bonchev–Trinajstić information content (AvgIpc) is 3.26. The molecule has 0 amide bonds. The van der Waals surface area contributed by atoms with Crippen LogP contribution in [0.3, 0.4) is 0 Å². The minimum atomic E-state index is -0.472. The van der Waals surface area contributed by atoms with Crippen molar-refractivity contribution in [3.8, 4) is 10.4 Å². The molecule has 0 bridgehead atoms. The maximum absolute atomic E-state index is 12.5. The maximum Gasteiger partial charge on any atom is 0.337 e. The van der Waals surface area contributed by atoms with Crippen molar-refractivity contribution in [1.29, 1.82) is 0 Å². The molecule has 3 aromatic heterocycles. The van der Waals surface area contributed by atoms with Gasteiger partial charge in [-0.15, -0.1) is 11.3 Å². The molecule has 0 spiro atoms. The van der Waals surface area contributed by atoms with Crippen LogP contribution < -0.4 is 5.56 Å². The van der Waals surface area contributed by atoms with Crippen LogP contribution in [0.15, 0.2) is 64.4 Å². The van der Waals surface area contributed by atoms with Crippen molar-refractivity contribution in [3.05, 3.63) is 82.2 Å². The monoisotopic (exact) mass is 474 g/mol. The molecule has 5 rings (SSSR count). The zero-order valence-electron chi connectivity index (χ0n) is 17.8. The van der Waals surface area contributed by atoms with Gasteiger partial charge in [-0.1, -0.05) is 42.1 Å². The first-order valence-corrected chi connectivity index (χ1v) is 11.9. The molecule has 9 heteroatoms. The Kier molecular flexibility index (Phi) is 5.65. The molecule has 0 unspecified atom stereocenters. The molecule has 0 saturated heterocycles. The minimum Gasteiger partial charge on any atom is -0.465 e. The SMILES string of the molecule is COC(=O)c1ccc2c(=O)[nH]c(CSc3nc(C)nc4sc(-c5ccccc5)cc34)nc2c1. The molecule has 1 N–H and O–H groups in total. The average molecular weight is 475 g/mol. The summed E-state index contributed by atoms with van der Waals surface area (Å²) in [6, 6.07) is 17.0. The molecule has 0 saturated carbocycles. The number of hydrogen-bond donors (Lipinski definition) is 1. The number of H-pyrrole nitrogens is 1. The van der Waals surface area contributed by atoms with Crippen molar-refractivity contribution in [2.75, 3.05) is 7.11 Å². The summed E-state index contributed by atoms with van der Waals surface area (Å²) in [6.07, 6.45) is 0. The van der Waals surface area contributed by atoms with Gasteiger partial charge in [0.15, 0.2) is 0 Å². The van der Waals surface area contributed by atoms with Gasteiger partial charge in [0.1, 0.15) is 21.5 Å². The summed E-state index contributed by atoms with van der Waals surface area (Å²) < 4.78 is 4.77. The molecule has 3 heterocycles. The zero-order valence-corrected chi connectivity index (χ0v) is 19.4.